The number of hydrogen-bond donors (Lipinski definition) is 0. The summed E-state index contributed by atoms with van der Waals surface area (Å²) in [7, 11) is 0. The van der Waals surface area contributed by atoms with Crippen LogP contribution in [0.5, 0.6) is 0 Å². The Labute approximate surface area is 129 Å². The van der Waals surface area contributed by atoms with E-state index in [1.165, 1.54) is 0 Å². The number of carbonyl (C=O) groups is 2. The van der Waals surface area contributed by atoms with Gasteiger partial charge < -0.3 is 0 Å². The van der Waals surface area contributed by atoms with Crippen molar-refractivity contribution in [1.82, 2.24) is 0 Å². The van der Waals surface area contributed by atoms with Crippen molar-refractivity contribution in [2.75, 3.05) is 0 Å². The van der Waals surface area contributed by atoms with Crippen molar-refractivity contribution in [3.05, 3.63) is 33.4 Å². The van der Waals surface area contributed by atoms with E-state index in [4.69, 9.17) is 0 Å². The predicted octanol–water partition coefficient (Wildman–Crippen LogP) is 3.68. The summed E-state index contributed by atoms with van der Waals surface area (Å²) >= 11 is -5.09. The molecule has 0 saturated carbocycles. The van der Waals surface area contributed by atoms with Crippen molar-refractivity contribution in [3.8, 4) is 0 Å². The Morgan fingerprint density at radius 3 is 1.48 bits per heavy atom. The summed E-state index contributed by atoms with van der Waals surface area (Å²) in [5.74, 6) is -9.33. The average molecular weight is 466 g/mol. The van der Waals surface area contributed by atoms with Crippen molar-refractivity contribution < 1.29 is 50.8 Å². The molecule has 0 amide bonds. The van der Waals surface area contributed by atoms with E-state index in [2.05, 4.69) is 6.13 Å². The second-order valence-electron chi connectivity index (χ2n) is 3.48. The van der Waals surface area contributed by atoms with E-state index in [0.717, 1.165) is 6.07 Å². The molecule has 130 valence electrons. The fraction of sp³-hybridized carbons (Fsp3) is 0.200. The molecule has 0 aliphatic heterocycles. The van der Waals surface area contributed by atoms with Crippen molar-refractivity contribution in [3.63, 3.8) is 0 Å². The van der Waals surface area contributed by atoms with Crippen LogP contribution in [0.1, 0.15) is 0 Å². The Morgan fingerprint density at radius 2 is 1.17 bits per heavy atom. The van der Waals surface area contributed by atoms with Crippen LogP contribution >= 0.6 is 20.6 Å². The predicted molar refractivity (Wildman–Crippen MR) is 63.4 cm³/mol. The molecule has 1 aromatic carbocycles. The average Bonchev–Trinajstić information content (AvgIpc) is 2.35. The third-order valence-electron chi connectivity index (χ3n) is 1.80. The molecule has 23 heavy (non-hydrogen) atoms. The van der Waals surface area contributed by atoms with Gasteiger partial charge in [0.05, 0.1) is 0 Å². The third kappa shape index (κ3) is 5.18. The van der Waals surface area contributed by atoms with E-state index in [1.807, 2.05) is 0 Å². The first kappa shape index (κ1) is 19.4. The minimum atomic E-state index is -5.66. The zero-order chi connectivity index (χ0) is 18.0. The van der Waals surface area contributed by atoms with E-state index in [0.29, 0.717) is 12.1 Å². The number of halogens is 9. The molecule has 0 aliphatic rings. The fourth-order valence-corrected chi connectivity index (χ4v) is 3.89. The van der Waals surface area contributed by atoms with Gasteiger partial charge in [-0.3, -0.25) is 0 Å². The first-order valence-electron chi connectivity index (χ1n) is 5.07. The maximum atomic E-state index is 13.4. The summed E-state index contributed by atoms with van der Waals surface area (Å²) in [5, 5.41) is 0. The van der Waals surface area contributed by atoms with Gasteiger partial charge in [-0.1, -0.05) is 0 Å². The number of carbonyl (C=O) groups excluding carboxylic acids is 2. The summed E-state index contributed by atoms with van der Waals surface area (Å²) < 4.78 is 105. The van der Waals surface area contributed by atoms with Crippen molar-refractivity contribution in [1.29, 1.82) is 0 Å². The van der Waals surface area contributed by atoms with Crippen LogP contribution in [0.3, 0.4) is 0 Å². The molecule has 0 unspecified atom stereocenters. The van der Waals surface area contributed by atoms with Gasteiger partial charge in [0.15, 0.2) is 0 Å². The van der Waals surface area contributed by atoms with Crippen molar-refractivity contribution in [2.45, 2.75) is 12.4 Å². The van der Waals surface area contributed by atoms with Gasteiger partial charge >= 0.3 is 129 Å². The topological polar surface area (TPSA) is 52.6 Å². The van der Waals surface area contributed by atoms with E-state index < -0.39 is 60.1 Å². The number of benzene rings is 1. The second kappa shape index (κ2) is 6.84. The van der Waals surface area contributed by atoms with Crippen LogP contribution in [0.25, 0.3) is 0 Å². The number of hydrogen-bond acceptors (Lipinski definition) is 4. The molecular weight excluding hydrogens is 463 g/mol. The van der Waals surface area contributed by atoms with Crippen molar-refractivity contribution in [2.24, 2.45) is 0 Å². The Hall–Kier alpha value is -1.67. The molecular formula is C10H3F8IO4. The molecule has 1 rings (SSSR count). The van der Waals surface area contributed by atoms with E-state index in [1.54, 1.807) is 0 Å². The molecule has 0 aromatic heterocycles. The van der Waals surface area contributed by atoms with Crippen LogP contribution in [0.4, 0.5) is 35.1 Å². The molecule has 0 fully saturated rings. The van der Waals surface area contributed by atoms with Gasteiger partial charge in [0.1, 0.15) is 0 Å². The molecule has 0 N–H and O–H groups in total. The van der Waals surface area contributed by atoms with Gasteiger partial charge in [-0.25, -0.2) is 0 Å². The molecule has 0 aliphatic carbocycles. The van der Waals surface area contributed by atoms with Crippen LogP contribution in [0.2, 0.25) is 0 Å². The van der Waals surface area contributed by atoms with Crippen LogP contribution in [0, 0.1) is 15.2 Å². The Bertz CT molecular complexity index is 564. The molecule has 0 bridgehead atoms. The first-order chi connectivity index (χ1) is 10.3. The third-order valence-corrected chi connectivity index (χ3v) is 5.31. The maximum absolute atomic E-state index is 13.4. The summed E-state index contributed by atoms with van der Waals surface area (Å²) in [6.07, 6.45) is -11.3. The summed E-state index contributed by atoms with van der Waals surface area (Å²) in [6.45, 7) is 0. The van der Waals surface area contributed by atoms with Gasteiger partial charge in [0, 0.05) is 0 Å². The SMILES string of the molecule is O=C(OI(OC(=O)C(F)(F)F)c1c(F)cccc1F)C(F)(F)F. The molecule has 1 aromatic rings. The summed E-state index contributed by atoms with van der Waals surface area (Å²) in [4.78, 5) is 21.4. The Morgan fingerprint density at radius 1 is 0.826 bits per heavy atom. The Balaban J connectivity index is 3.22. The van der Waals surface area contributed by atoms with E-state index in [9.17, 15) is 44.7 Å². The first-order valence-corrected chi connectivity index (χ1v) is 7.91. The number of rotatable bonds is 3. The molecule has 0 spiro atoms. The second-order valence-corrected chi connectivity index (χ2v) is 6.68. The zero-order valence-electron chi connectivity index (χ0n) is 10.3. The van der Waals surface area contributed by atoms with E-state index >= 15 is 0 Å². The van der Waals surface area contributed by atoms with Gasteiger partial charge in [0.2, 0.25) is 0 Å². The van der Waals surface area contributed by atoms with Crippen LogP contribution in [-0.2, 0) is 15.7 Å². The number of alkyl halides is 6. The molecule has 0 atom stereocenters. The molecule has 0 radical (unpaired) electrons. The normalized spacial score (nSPS) is 12.6. The van der Waals surface area contributed by atoms with Crippen molar-refractivity contribution >= 4 is 32.6 Å². The van der Waals surface area contributed by atoms with E-state index in [-0.39, 0.29) is 0 Å². The quantitative estimate of drug-likeness (QED) is 0.388. The summed E-state index contributed by atoms with van der Waals surface area (Å²) in [6, 6.07) is 1.71. The molecule has 13 heteroatoms. The monoisotopic (exact) mass is 466 g/mol. The molecule has 0 heterocycles. The van der Waals surface area contributed by atoms with Crippen LogP contribution in [0.15, 0.2) is 18.2 Å². The zero-order valence-corrected chi connectivity index (χ0v) is 12.4. The van der Waals surface area contributed by atoms with Gasteiger partial charge in [0.25, 0.3) is 0 Å². The molecule has 4 nitrogen and oxygen atoms in total. The van der Waals surface area contributed by atoms with Crippen LogP contribution < -0.4 is 0 Å². The fourth-order valence-electron chi connectivity index (χ4n) is 0.933. The minimum absolute atomic E-state index is 0.478. The van der Waals surface area contributed by atoms with Gasteiger partial charge in [-0.2, -0.15) is 0 Å². The molecule has 0 saturated heterocycles. The van der Waals surface area contributed by atoms with Crippen LogP contribution in [-0.4, -0.2) is 24.3 Å². The Kier molecular flexibility index (Phi) is 5.76. The summed E-state index contributed by atoms with van der Waals surface area (Å²) in [5.41, 5.74) is 0. The van der Waals surface area contributed by atoms with Gasteiger partial charge in [-0.15, -0.1) is 0 Å². The van der Waals surface area contributed by atoms with Gasteiger partial charge in [-0.05, 0) is 0 Å². The standard InChI is InChI=1S/C10H3F8IO4/c11-4-2-1-3-5(12)6(4)19(22-7(20)9(13,14)15)23-8(21)10(16,17)18/h1-3H.